The number of ether oxygens (including phenoxy) is 2. The fourth-order valence-electron chi connectivity index (χ4n) is 3.04. The molecule has 7 heteroatoms. The van der Waals surface area contributed by atoms with Crippen LogP contribution in [0.15, 0.2) is 54.6 Å². The summed E-state index contributed by atoms with van der Waals surface area (Å²) in [5, 5.41) is 3.09. The summed E-state index contributed by atoms with van der Waals surface area (Å²) in [4.78, 5) is 11.9. The van der Waals surface area contributed by atoms with E-state index in [0.29, 0.717) is 22.9 Å². The third-order valence-electron chi connectivity index (χ3n) is 4.72. The lowest BCUT2D eigenvalue weighted by Crippen LogP contribution is -2.05. The molecule has 31 heavy (non-hydrogen) atoms. The van der Waals surface area contributed by atoms with Crippen LogP contribution in [0.2, 0.25) is 0 Å². The summed E-state index contributed by atoms with van der Waals surface area (Å²) in [6.07, 6.45) is 2.94. The lowest BCUT2D eigenvalue weighted by molar-refractivity contribution is 0.0601. The summed E-state index contributed by atoms with van der Waals surface area (Å²) in [7, 11) is 1.27. The summed E-state index contributed by atoms with van der Waals surface area (Å²) in [6, 6.07) is 13.9. The minimum atomic E-state index is -0.948. The van der Waals surface area contributed by atoms with Gasteiger partial charge in [-0.2, -0.15) is 0 Å². The zero-order chi connectivity index (χ0) is 22.4. The predicted molar refractivity (Wildman–Crippen MR) is 117 cm³/mol. The number of halogens is 2. The van der Waals surface area contributed by atoms with E-state index in [4.69, 9.17) is 15.2 Å². The molecule has 0 aliphatic rings. The predicted octanol–water partition coefficient (Wildman–Crippen LogP) is 6.21. The molecular formula is C24H24F2N2O3. The minimum Gasteiger partial charge on any atom is -0.465 e. The number of hydrogen-bond acceptors (Lipinski definition) is 5. The number of carbonyl (C=O) groups excluding carboxylic acids is 1. The number of methoxy groups -OCH3 is 1. The Labute approximate surface area is 179 Å². The Bertz CT molecular complexity index is 1090. The Morgan fingerprint density at radius 2 is 1.84 bits per heavy atom. The van der Waals surface area contributed by atoms with Gasteiger partial charge in [0.25, 0.3) is 0 Å². The second kappa shape index (κ2) is 9.93. The number of benzene rings is 3. The number of aryl methyl sites for hydroxylation is 1. The van der Waals surface area contributed by atoms with Gasteiger partial charge in [-0.05, 0) is 60.9 Å². The first kappa shape index (κ1) is 22.1. The molecule has 3 rings (SSSR count). The minimum absolute atomic E-state index is 0.190. The van der Waals surface area contributed by atoms with E-state index in [9.17, 15) is 13.6 Å². The molecule has 5 nitrogen and oxygen atoms in total. The van der Waals surface area contributed by atoms with Gasteiger partial charge >= 0.3 is 5.97 Å². The maximum absolute atomic E-state index is 13.7. The maximum Gasteiger partial charge on any atom is 0.340 e. The van der Waals surface area contributed by atoms with Crippen LogP contribution in [0.1, 0.15) is 35.7 Å². The van der Waals surface area contributed by atoms with Gasteiger partial charge in [0.15, 0.2) is 17.4 Å². The lowest BCUT2D eigenvalue weighted by atomic mass is 10.1. The van der Waals surface area contributed by atoms with Gasteiger partial charge in [0.2, 0.25) is 0 Å². The van der Waals surface area contributed by atoms with Crippen LogP contribution in [0.4, 0.5) is 25.8 Å². The molecule has 0 aromatic heterocycles. The maximum atomic E-state index is 13.7. The van der Waals surface area contributed by atoms with Crippen molar-refractivity contribution >= 4 is 23.0 Å². The quantitative estimate of drug-likeness (QED) is 0.331. The van der Waals surface area contributed by atoms with Crippen molar-refractivity contribution in [3.8, 4) is 11.5 Å². The van der Waals surface area contributed by atoms with Crippen molar-refractivity contribution in [2.24, 2.45) is 0 Å². The Kier molecular flexibility index (Phi) is 7.07. The molecule has 0 heterocycles. The molecule has 0 aliphatic heterocycles. The van der Waals surface area contributed by atoms with Crippen LogP contribution in [0.3, 0.4) is 0 Å². The van der Waals surface area contributed by atoms with Crippen molar-refractivity contribution < 1.29 is 23.0 Å². The second-order valence-corrected chi connectivity index (χ2v) is 7.03. The van der Waals surface area contributed by atoms with E-state index in [1.54, 1.807) is 18.2 Å². The van der Waals surface area contributed by atoms with E-state index in [-0.39, 0.29) is 11.3 Å². The fraction of sp³-hybridized carbons (Fsp3) is 0.208. The molecule has 0 saturated carbocycles. The molecule has 3 N–H and O–H groups in total. The van der Waals surface area contributed by atoms with E-state index in [1.165, 1.54) is 19.2 Å². The van der Waals surface area contributed by atoms with E-state index in [1.807, 2.05) is 12.1 Å². The first-order chi connectivity index (χ1) is 14.9. The third kappa shape index (κ3) is 5.51. The summed E-state index contributed by atoms with van der Waals surface area (Å²) in [5.74, 6) is -1.61. The third-order valence-corrected chi connectivity index (χ3v) is 4.72. The van der Waals surface area contributed by atoms with Gasteiger partial charge in [0, 0.05) is 17.4 Å². The zero-order valence-corrected chi connectivity index (χ0v) is 17.4. The van der Waals surface area contributed by atoms with Crippen molar-refractivity contribution in [1.29, 1.82) is 0 Å². The number of nitrogens with two attached hydrogens (primary N) is 1. The van der Waals surface area contributed by atoms with Crippen LogP contribution in [-0.2, 0) is 11.2 Å². The molecule has 162 valence electrons. The number of anilines is 3. The average molecular weight is 426 g/mol. The molecule has 3 aromatic rings. The Hall–Kier alpha value is -3.61. The van der Waals surface area contributed by atoms with Crippen LogP contribution < -0.4 is 15.8 Å². The van der Waals surface area contributed by atoms with Gasteiger partial charge < -0.3 is 20.5 Å². The van der Waals surface area contributed by atoms with Gasteiger partial charge in [-0.25, -0.2) is 13.6 Å². The zero-order valence-electron chi connectivity index (χ0n) is 17.4. The summed E-state index contributed by atoms with van der Waals surface area (Å²) in [6.45, 7) is 2.11. The van der Waals surface area contributed by atoms with Crippen LogP contribution in [-0.4, -0.2) is 13.1 Å². The molecule has 0 aliphatic carbocycles. The Morgan fingerprint density at radius 1 is 1.03 bits per heavy atom. The first-order valence-corrected chi connectivity index (χ1v) is 9.92. The largest absolute Gasteiger partial charge is 0.465 e. The lowest BCUT2D eigenvalue weighted by Gasteiger charge is -2.16. The Balaban J connectivity index is 1.95. The molecule has 0 fully saturated rings. The topological polar surface area (TPSA) is 73.6 Å². The molecule has 3 aromatic carbocycles. The van der Waals surface area contributed by atoms with Gasteiger partial charge in [0.05, 0.1) is 18.4 Å². The number of rotatable bonds is 8. The SMILES string of the molecule is CCCCc1ccc(Oc2ccc(N)c(C(=O)OC)c2)c(Nc2ccc(F)c(F)c2)c1. The van der Waals surface area contributed by atoms with Crippen LogP contribution in [0.25, 0.3) is 0 Å². The standard InChI is InChI=1S/C24H24F2N2O3/c1-3-4-5-15-6-11-23(22(12-15)28-16-7-9-19(25)20(26)13-16)31-17-8-10-21(27)18(14-17)24(29)30-2/h6-14,28H,3-5,27H2,1-2H3. The number of hydrogen-bond donors (Lipinski definition) is 2. The number of carbonyl (C=O) groups is 1. The van der Waals surface area contributed by atoms with E-state index >= 15 is 0 Å². The van der Waals surface area contributed by atoms with Crippen molar-refractivity contribution in [2.75, 3.05) is 18.2 Å². The molecule has 0 unspecified atom stereocenters. The first-order valence-electron chi connectivity index (χ1n) is 9.92. The van der Waals surface area contributed by atoms with Crippen LogP contribution >= 0.6 is 0 Å². The highest BCUT2D eigenvalue weighted by atomic mass is 19.2. The number of esters is 1. The highest BCUT2D eigenvalue weighted by Crippen LogP contribution is 2.34. The van der Waals surface area contributed by atoms with Crippen molar-refractivity contribution in [1.82, 2.24) is 0 Å². The molecule has 0 atom stereocenters. The second-order valence-electron chi connectivity index (χ2n) is 7.03. The van der Waals surface area contributed by atoms with E-state index < -0.39 is 17.6 Å². The molecule has 0 saturated heterocycles. The highest BCUT2D eigenvalue weighted by molar-refractivity contribution is 5.95. The van der Waals surface area contributed by atoms with E-state index in [2.05, 4.69) is 12.2 Å². The number of nitrogens with one attached hydrogen (secondary N) is 1. The fourth-order valence-corrected chi connectivity index (χ4v) is 3.04. The smallest absolute Gasteiger partial charge is 0.340 e. The molecule has 0 spiro atoms. The van der Waals surface area contributed by atoms with Crippen molar-refractivity contribution in [3.05, 3.63) is 77.4 Å². The molecular weight excluding hydrogens is 402 g/mol. The summed E-state index contributed by atoms with van der Waals surface area (Å²) < 4.78 is 37.7. The highest BCUT2D eigenvalue weighted by Gasteiger charge is 2.14. The average Bonchev–Trinajstić information content (AvgIpc) is 2.77. The van der Waals surface area contributed by atoms with Gasteiger partial charge in [-0.1, -0.05) is 19.4 Å². The molecule has 0 bridgehead atoms. The van der Waals surface area contributed by atoms with Crippen LogP contribution in [0.5, 0.6) is 11.5 Å². The molecule has 0 radical (unpaired) electrons. The number of unbranched alkanes of at least 4 members (excludes halogenated alkanes) is 1. The van der Waals surface area contributed by atoms with Crippen LogP contribution in [0, 0.1) is 11.6 Å². The van der Waals surface area contributed by atoms with E-state index in [0.717, 1.165) is 37.0 Å². The van der Waals surface area contributed by atoms with Crippen molar-refractivity contribution in [2.45, 2.75) is 26.2 Å². The molecule has 0 amide bonds. The van der Waals surface area contributed by atoms with Crippen molar-refractivity contribution in [3.63, 3.8) is 0 Å². The normalized spacial score (nSPS) is 10.6. The monoisotopic (exact) mass is 426 g/mol. The summed E-state index contributed by atoms with van der Waals surface area (Å²) >= 11 is 0. The Morgan fingerprint density at radius 3 is 2.55 bits per heavy atom. The van der Waals surface area contributed by atoms with Gasteiger partial charge in [0.1, 0.15) is 5.75 Å². The van der Waals surface area contributed by atoms with Gasteiger partial charge in [-0.15, -0.1) is 0 Å². The number of nitrogen functional groups attached to an aromatic ring is 1. The van der Waals surface area contributed by atoms with Gasteiger partial charge in [-0.3, -0.25) is 0 Å². The summed E-state index contributed by atoms with van der Waals surface area (Å²) in [5.41, 5.74) is 8.35.